The highest BCUT2D eigenvalue weighted by molar-refractivity contribution is 5.78. The van der Waals surface area contributed by atoms with Crippen LogP contribution in [0.25, 0.3) is 0 Å². The highest BCUT2D eigenvalue weighted by Gasteiger charge is 2.44. The summed E-state index contributed by atoms with van der Waals surface area (Å²) < 4.78 is 0. The van der Waals surface area contributed by atoms with Gasteiger partial charge in [0, 0.05) is 18.5 Å². The molecule has 1 saturated heterocycles. The Morgan fingerprint density at radius 3 is 2.27 bits per heavy atom. The van der Waals surface area contributed by atoms with E-state index in [2.05, 4.69) is 39.5 Å². The first kappa shape index (κ1) is 17.8. The van der Waals surface area contributed by atoms with Gasteiger partial charge in [-0.2, -0.15) is 0 Å². The maximum atomic E-state index is 12.8. The van der Waals surface area contributed by atoms with Crippen LogP contribution in [-0.2, 0) is 4.79 Å². The van der Waals surface area contributed by atoms with Crippen molar-refractivity contribution in [2.75, 3.05) is 0 Å². The van der Waals surface area contributed by atoms with Crippen molar-refractivity contribution >= 4 is 5.91 Å². The van der Waals surface area contributed by atoms with Gasteiger partial charge >= 0.3 is 0 Å². The molecule has 1 aliphatic carbocycles. The second-order valence-electron chi connectivity index (χ2n) is 8.60. The van der Waals surface area contributed by atoms with E-state index in [-0.39, 0.29) is 0 Å². The Kier molecular flexibility index (Phi) is 6.35. The molecule has 0 radical (unpaired) electrons. The number of amides is 1. The smallest absolute Gasteiger partial charge is 0.223 e. The van der Waals surface area contributed by atoms with Crippen LogP contribution >= 0.6 is 0 Å². The first-order chi connectivity index (χ1) is 10.4. The van der Waals surface area contributed by atoms with E-state index in [1.54, 1.807) is 0 Å². The first-order valence-corrected chi connectivity index (χ1v) is 9.73. The van der Waals surface area contributed by atoms with Crippen LogP contribution in [0, 0.1) is 23.7 Å². The van der Waals surface area contributed by atoms with Gasteiger partial charge in [0.2, 0.25) is 5.91 Å². The molecule has 128 valence electrons. The first-order valence-electron chi connectivity index (χ1n) is 9.73. The van der Waals surface area contributed by atoms with Gasteiger partial charge in [0.25, 0.3) is 0 Å². The number of carbonyl (C=O) groups is 1. The minimum absolute atomic E-state index is 0.355. The van der Waals surface area contributed by atoms with Gasteiger partial charge in [-0.15, -0.1) is 0 Å². The third kappa shape index (κ3) is 4.06. The van der Waals surface area contributed by atoms with Gasteiger partial charge in [0.05, 0.1) is 0 Å². The Balaban J connectivity index is 2.30. The van der Waals surface area contributed by atoms with E-state index >= 15 is 0 Å². The molecule has 0 spiro atoms. The topological polar surface area (TPSA) is 20.3 Å². The van der Waals surface area contributed by atoms with Gasteiger partial charge in [0.15, 0.2) is 0 Å². The zero-order chi connectivity index (χ0) is 16.3. The summed E-state index contributed by atoms with van der Waals surface area (Å²) in [4.78, 5) is 15.1. The van der Waals surface area contributed by atoms with Gasteiger partial charge in [-0.05, 0) is 50.4 Å². The van der Waals surface area contributed by atoms with E-state index in [9.17, 15) is 4.79 Å². The van der Waals surface area contributed by atoms with Crippen LogP contribution in [0.4, 0.5) is 0 Å². The quantitative estimate of drug-likeness (QED) is 0.696. The number of piperidine rings is 1. The zero-order valence-electron chi connectivity index (χ0n) is 15.5. The molecule has 2 heteroatoms. The summed E-state index contributed by atoms with van der Waals surface area (Å²) in [5.74, 6) is 3.22. The van der Waals surface area contributed by atoms with Crippen LogP contribution in [0.3, 0.4) is 0 Å². The largest absolute Gasteiger partial charge is 0.337 e. The lowest BCUT2D eigenvalue weighted by molar-refractivity contribution is -0.147. The average molecular weight is 308 g/mol. The molecule has 0 aromatic heterocycles. The molecule has 0 aromatic carbocycles. The monoisotopic (exact) mass is 307 g/mol. The highest BCUT2D eigenvalue weighted by atomic mass is 16.2. The maximum absolute atomic E-state index is 12.8. The number of hydrogen-bond donors (Lipinski definition) is 0. The van der Waals surface area contributed by atoms with Crippen molar-refractivity contribution in [3.63, 3.8) is 0 Å². The van der Waals surface area contributed by atoms with Crippen molar-refractivity contribution in [3.8, 4) is 0 Å². The molecule has 4 unspecified atom stereocenters. The summed E-state index contributed by atoms with van der Waals surface area (Å²) in [5.41, 5.74) is 0. The van der Waals surface area contributed by atoms with Crippen LogP contribution in [0.2, 0.25) is 0 Å². The van der Waals surface area contributed by atoms with Crippen molar-refractivity contribution in [3.05, 3.63) is 0 Å². The zero-order valence-corrected chi connectivity index (χ0v) is 15.5. The molecule has 1 heterocycles. The number of fused-ring (bicyclic) bond motifs is 1. The Labute approximate surface area is 138 Å². The van der Waals surface area contributed by atoms with Crippen LogP contribution < -0.4 is 0 Å². The lowest BCUT2D eigenvalue weighted by Gasteiger charge is -2.50. The van der Waals surface area contributed by atoms with Gasteiger partial charge in [0.1, 0.15) is 0 Å². The van der Waals surface area contributed by atoms with Crippen LogP contribution in [0.15, 0.2) is 0 Å². The minimum atomic E-state index is 0.355. The fourth-order valence-corrected chi connectivity index (χ4v) is 5.21. The van der Waals surface area contributed by atoms with E-state index in [1.807, 2.05) is 0 Å². The van der Waals surface area contributed by atoms with Crippen molar-refractivity contribution in [2.24, 2.45) is 23.7 Å². The molecular formula is C20H37NO. The van der Waals surface area contributed by atoms with Crippen LogP contribution in [0.5, 0.6) is 0 Å². The van der Waals surface area contributed by atoms with E-state index < -0.39 is 0 Å². The summed E-state index contributed by atoms with van der Waals surface area (Å²) in [7, 11) is 0. The fourth-order valence-electron chi connectivity index (χ4n) is 5.21. The lowest BCUT2D eigenvalue weighted by atomic mass is 9.67. The molecule has 2 fully saturated rings. The van der Waals surface area contributed by atoms with Crippen molar-refractivity contribution in [1.82, 2.24) is 4.90 Å². The summed E-state index contributed by atoms with van der Waals surface area (Å²) in [5, 5.41) is 0. The number of nitrogens with zero attached hydrogens (tertiary/aromatic N) is 1. The molecule has 0 N–H and O–H groups in total. The van der Waals surface area contributed by atoms with Gasteiger partial charge in [-0.1, -0.05) is 52.9 Å². The highest BCUT2D eigenvalue weighted by Crippen LogP contribution is 2.43. The van der Waals surface area contributed by atoms with Crippen molar-refractivity contribution in [2.45, 2.75) is 98.1 Å². The molecule has 22 heavy (non-hydrogen) atoms. The molecule has 1 saturated carbocycles. The maximum Gasteiger partial charge on any atom is 0.223 e. The van der Waals surface area contributed by atoms with Crippen molar-refractivity contribution in [1.29, 1.82) is 0 Å². The molecule has 1 aliphatic heterocycles. The molecule has 4 atom stereocenters. The standard InChI is InChI=1S/C20H37NO/c1-14(2)12-17-13-19(22)21(15(3)4)18-11-9-7-6-8-10-16(5)20(17)18/h14-18,20H,6-13H2,1-5H3. The van der Waals surface area contributed by atoms with E-state index in [0.717, 1.165) is 18.3 Å². The predicted molar refractivity (Wildman–Crippen MR) is 93.7 cm³/mol. The Bertz CT molecular complexity index is 363. The van der Waals surface area contributed by atoms with Gasteiger partial charge in [-0.25, -0.2) is 0 Å². The Hall–Kier alpha value is -0.530. The van der Waals surface area contributed by atoms with Crippen molar-refractivity contribution < 1.29 is 4.79 Å². The third-order valence-electron chi connectivity index (χ3n) is 5.97. The summed E-state index contributed by atoms with van der Waals surface area (Å²) in [6.45, 7) is 11.5. The molecule has 2 rings (SSSR count). The van der Waals surface area contributed by atoms with Crippen LogP contribution in [0.1, 0.15) is 86.0 Å². The molecule has 0 bridgehead atoms. The molecule has 2 aliphatic rings. The van der Waals surface area contributed by atoms with E-state index in [0.29, 0.717) is 29.8 Å². The normalized spacial score (nSPS) is 34.3. The molecule has 1 amide bonds. The van der Waals surface area contributed by atoms with E-state index in [1.165, 1.54) is 44.9 Å². The van der Waals surface area contributed by atoms with Gasteiger partial charge < -0.3 is 4.90 Å². The third-order valence-corrected chi connectivity index (χ3v) is 5.97. The summed E-state index contributed by atoms with van der Waals surface area (Å²) in [6, 6.07) is 0.853. The number of rotatable bonds is 3. The number of hydrogen-bond acceptors (Lipinski definition) is 1. The Morgan fingerprint density at radius 2 is 1.68 bits per heavy atom. The fraction of sp³-hybridized carbons (Fsp3) is 0.950. The van der Waals surface area contributed by atoms with Gasteiger partial charge in [-0.3, -0.25) is 4.79 Å². The number of carbonyl (C=O) groups excluding carboxylic acids is 1. The second-order valence-corrected chi connectivity index (χ2v) is 8.60. The van der Waals surface area contributed by atoms with E-state index in [4.69, 9.17) is 0 Å². The molecule has 0 aromatic rings. The lowest BCUT2D eigenvalue weighted by Crippen LogP contribution is -2.56. The predicted octanol–water partition coefficient (Wildman–Crippen LogP) is 5.26. The molecule has 2 nitrogen and oxygen atoms in total. The summed E-state index contributed by atoms with van der Waals surface area (Å²) >= 11 is 0. The molecular weight excluding hydrogens is 270 g/mol. The SMILES string of the molecule is CC(C)CC1CC(=O)N(C(C)C)C2CCCCCCC(C)C12. The Morgan fingerprint density at radius 1 is 1.05 bits per heavy atom. The summed E-state index contributed by atoms with van der Waals surface area (Å²) in [6.07, 6.45) is 10.0. The number of likely N-dealkylation sites (tertiary alicyclic amines) is 1. The second kappa shape index (κ2) is 7.84. The average Bonchev–Trinajstić information content (AvgIpc) is 2.48. The van der Waals surface area contributed by atoms with Crippen LogP contribution in [-0.4, -0.2) is 22.9 Å². The minimum Gasteiger partial charge on any atom is -0.337 e.